The summed E-state index contributed by atoms with van der Waals surface area (Å²) in [5, 5.41) is 15.5. The quantitative estimate of drug-likeness (QED) is 0.388. The molecule has 0 spiro atoms. The van der Waals surface area contributed by atoms with Crippen LogP contribution in [0.3, 0.4) is 0 Å². The number of piperidine rings is 1. The minimum absolute atomic E-state index is 0.00665. The number of carboxylic acids is 1. The maximum absolute atomic E-state index is 13.2. The predicted octanol–water partition coefficient (Wildman–Crippen LogP) is 6.01. The molecular formula is C31H38N2O3. The number of rotatable bonds is 9. The van der Waals surface area contributed by atoms with Gasteiger partial charge >= 0.3 is 5.97 Å². The van der Waals surface area contributed by atoms with E-state index in [0.29, 0.717) is 19.0 Å². The Morgan fingerprint density at radius 2 is 1.69 bits per heavy atom. The number of nitrogens with one attached hydrogen (secondary N) is 1. The second kappa shape index (κ2) is 11.3. The van der Waals surface area contributed by atoms with Gasteiger partial charge < -0.3 is 15.3 Å². The number of carboxylic acid groups (broad SMARTS) is 1. The van der Waals surface area contributed by atoms with E-state index in [2.05, 4.69) is 79.0 Å². The predicted molar refractivity (Wildman–Crippen MR) is 145 cm³/mol. The number of hydrogen-bond donors (Lipinski definition) is 2. The van der Waals surface area contributed by atoms with Gasteiger partial charge in [0, 0.05) is 31.5 Å². The van der Waals surface area contributed by atoms with Gasteiger partial charge in [0.25, 0.3) is 0 Å². The van der Waals surface area contributed by atoms with E-state index in [1.54, 1.807) is 0 Å². The standard InChI is InChI=1S/C31H38N2O3/c1-22(26-15-9-13-23-12-7-8-14-27(23)26)32-20-25-16-17-33(21-28(25)24-10-5-4-6-11-24)29(34)18-31(2,3)19-30(35)36/h4-15,22,25,28,32H,16-21H2,1-3H3,(H,35,36)/t22-,25?,28?/m1/s1. The lowest BCUT2D eigenvalue weighted by Gasteiger charge is -2.40. The second-order valence-electron chi connectivity index (χ2n) is 11.0. The maximum atomic E-state index is 13.2. The van der Waals surface area contributed by atoms with Gasteiger partial charge in [-0.2, -0.15) is 0 Å². The highest BCUT2D eigenvalue weighted by Gasteiger charge is 2.35. The van der Waals surface area contributed by atoms with Gasteiger partial charge in [0.05, 0.1) is 6.42 Å². The molecule has 3 aromatic carbocycles. The number of fused-ring (bicyclic) bond motifs is 1. The first-order chi connectivity index (χ1) is 17.2. The summed E-state index contributed by atoms with van der Waals surface area (Å²) >= 11 is 0. The number of carbonyl (C=O) groups excluding carboxylic acids is 1. The van der Waals surface area contributed by atoms with Crippen molar-refractivity contribution >= 4 is 22.6 Å². The Balaban J connectivity index is 1.46. The van der Waals surface area contributed by atoms with Gasteiger partial charge in [0.1, 0.15) is 0 Å². The molecule has 0 radical (unpaired) electrons. The molecule has 0 saturated carbocycles. The monoisotopic (exact) mass is 486 g/mol. The fraction of sp³-hybridized carbons (Fsp3) is 0.419. The van der Waals surface area contributed by atoms with E-state index in [1.807, 2.05) is 24.8 Å². The van der Waals surface area contributed by atoms with Crippen LogP contribution in [0.5, 0.6) is 0 Å². The number of benzene rings is 3. The fourth-order valence-electron chi connectivity index (χ4n) is 5.61. The van der Waals surface area contributed by atoms with Crippen LogP contribution in [-0.4, -0.2) is 41.5 Å². The van der Waals surface area contributed by atoms with Crippen molar-refractivity contribution in [2.75, 3.05) is 19.6 Å². The number of aliphatic carboxylic acids is 1. The van der Waals surface area contributed by atoms with Gasteiger partial charge in [-0.25, -0.2) is 0 Å². The second-order valence-corrected chi connectivity index (χ2v) is 11.0. The third-order valence-corrected chi connectivity index (χ3v) is 7.57. The summed E-state index contributed by atoms with van der Waals surface area (Å²) < 4.78 is 0. The first kappa shape index (κ1) is 25.9. The van der Waals surface area contributed by atoms with E-state index in [0.717, 1.165) is 13.0 Å². The lowest BCUT2D eigenvalue weighted by atomic mass is 9.79. The minimum Gasteiger partial charge on any atom is -0.481 e. The summed E-state index contributed by atoms with van der Waals surface area (Å²) in [6, 6.07) is 25.7. The number of carbonyl (C=O) groups is 2. The fourth-order valence-corrected chi connectivity index (χ4v) is 5.61. The molecule has 4 rings (SSSR count). The Labute approximate surface area is 214 Å². The molecule has 1 amide bonds. The Morgan fingerprint density at radius 3 is 2.44 bits per heavy atom. The van der Waals surface area contributed by atoms with Crippen LogP contribution in [-0.2, 0) is 9.59 Å². The lowest BCUT2D eigenvalue weighted by molar-refractivity contribution is -0.141. The number of amides is 1. The molecule has 3 aromatic rings. The van der Waals surface area contributed by atoms with E-state index in [1.165, 1.54) is 21.9 Å². The SMILES string of the molecule is C[C@@H](NCC1CCN(C(=O)CC(C)(C)CC(=O)O)CC1c1ccccc1)c1cccc2ccccc12. The number of hydrogen-bond acceptors (Lipinski definition) is 3. The van der Waals surface area contributed by atoms with Crippen molar-refractivity contribution < 1.29 is 14.7 Å². The van der Waals surface area contributed by atoms with Gasteiger partial charge in [0.15, 0.2) is 0 Å². The van der Waals surface area contributed by atoms with Crippen LogP contribution >= 0.6 is 0 Å². The van der Waals surface area contributed by atoms with Crippen molar-refractivity contribution in [3.63, 3.8) is 0 Å². The zero-order chi connectivity index (χ0) is 25.7. The molecule has 1 aliphatic rings. The highest BCUT2D eigenvalue weighted by molar-refractivity contribution is 5.86. The van der Waals surface area contributed by atoms with Gasteiger partial charge in [-0.1, -0.05) is 86.6 Å². The van der Waals surface area contributed by atoms with E-state index in [-0.39, 0.29) is 30.7 Å². The molecule has 190 valence electrons. The Hall–Kier alpha value is -3.18. The van der Waals surface area contributed by atoms with Crippen LogP contribution in [0.25, 0.3) is 10.8 Å². The summed E-state index contributed by atoms with van der Waals surface area (Å²) in [7, 11) is 0. The maximum Gasteiger partial charge on any atom is 0.303 e. The molecule has 1 fully saturated rings. The molecule has 5 heteroatoms. The molecule has 3 atom stereocenters. The normalized spacial score (nSPS) is 19.2. The van der Waals surface area contributed by atoms with E-state index < -0.39 is 11.4 Å². The molecule has 0 aliphatic carbocycles. The minimum atomic E-state index is -0.861. The Kier molecular flexibility index (Phi) is 8.10. The van der Waals surface area contributed by atoms with E-state index in [9.17, 15) is 14.7 Å². The Morgan fingerprint density at radius 1 is 1.00 bits per heavy atom. The third-order valence-electron chi connectivity index (χ3n) is 7.57. The van der Waals surface area contributed by atoms with Crippen LogP contribution < -0.4 is 5.32 Å². The van der Waals surface area contributed by atoms with Gasteiger partial charge in [-0.3, -0.25) is 9.59 Å². The third kappa shape index (κ3) is 6.33. The van der Waals surface area contributed by atoms with Crippen molar-refractivity contribution in [1.29, 1.82) is 0 Å². The zero-order valence-electron chi connectivity index (χ0n) is 21.6. The van der Waals surface area contributed by atoms with Crippen LogP contribution in [0.4, 0.5) is 0 Å². The highest BCUT2D eigenvalue weighted by Crippen LogP contribution is 2.35. The van der Waals surface area contributed by atoms with Crippen LogP contribution in [0.2, 0.25) is 0 Å². The highest BCUT2D eigenvalue weighted by atomic mass is 16.4. The van der Waals surface area contributed by atoms with Crippen LogP contribution in [0.15, 0.2) is 72.8 Å². The average Bonchev–Trinajstić information content (AvgIpc) is 2.86. The van der Waals surface area contributed by atoms with Crippen molar-refractivity contribution in [3.8, 4) is 0 Å². The summed E-state index contributed by atoms with van der Waals surface area (Å²) in [6.45, 7) is 8.19. The lowest BCUT2D eigenvalue weighted by Crippen LogP contribution is -2.46. The van der Waals surface area contributed by atoms with Crippen molar-refractivity contribution in [1.82, 2.24) is 10.2 Å². The first-order valence-electron chi connectivity index (χ1n) is 13.0. The molecule has 0 bridgehead atoms. The molecule has 5 nitrogen and oxygen atoms in total. The molecule has 1 saturated heterocycles. The molecule has 1 heterocycles. The number of likely N-dealkylation sites (tertiary alicyclic amines) is 1. The largest absolute Gasteiger partial charge is 0.481 e. The van der Waals surface area contributed by atoms with Crippen molar-refractivity contribution in [2.45, 2.75) is 52.0 Å². The van der Waals surface area contributed by atoms with Crippen LogP contribution in [0.1, 0.15) is 63.1 Å². The smallest absolute Gasteiger partial charge is 0.303 e. The van der Waals surface area contributed by atoms with Crippen LogP contribution in [0, 0.1) is 11.3 Å². The topological polar surface area (TPSA) is 69.6 Å². The number of nitrogens with zero attached hydrogens (tertiary/aromatic N) is 1. The summed E-state index contributed by atoms with van der Waals surface area (Å²) in [5.41, 5.74) is 2.00. The summed E-state index contributed by atoms with van der Waals surface area (Å²) in [6.07, 6.45) is 1.16. The summed E-state index contributed by atoms with van der Waals surface area (Å²) in [4.78, 5) is 26.3. The van der Waals surface area contributed by atoms with E-state index in [4.69, 9.17) is 0 Å². The molecular weight excluding hydrogens is 448 g/mol. The molecule has 2 N–H and O–H groups in total. The Bertz CT molecular complexity index is 1190. The van der Waals surface area contributed by atoms with Crippen molar-refractivity contribution in [2.24, 2.45) is 11.3 Å². The van der Waals surface area contributed by atoms with Gasteiger partial charge in [-0.05, 0) is 53.1 Å². The van der Waals surface area contributed by atoms with Gasteiger partial charge in [-0.15, -0.1) is 0 Å². The zero-order valence-corrected chi connectivity index (χ0v) is 21.6. The van der Waals surface area contributed by atoms with Crippen molar-refractivity contribution in [3.05, 3.63) is 83.9 Å². The van der Waals surface area contributed by atoms with E-state index >= 15 is 0 Å². The molecule has 0 aromatic heterocycles. The molecule has 36 heavy (non-hydrogen) atoms. The molecule has 1 aliphatic heterocycles. The van der Waals surface area contributed by atoms with Gasteiger partial charge in [0.2, 0.25) is 5.91 Å². The molecule has 2 unspecified atom stereocenters. The first-order valence-corrected chi connectivity index (χ1v) is 13.0. The average molecular weight is 487 g/mol. The summed E-state index contributed by atoms with van der Waals surface area (Å²) in [5.74, 6) is -0.169.